The van der Waals surface area contributed by atoms with Gasteiger partial charge in [0.25, 0.3) is 0 Å². The highest BCUT2D eigenvalue weighted by Crippen LogP contribution is 2.44. The van der Waals surface area contributed by atoms with Gasteiger partial charge in [-0.2, -0.15) is 0 Å². The maximum atomic E-state index is 10.4. The predicted molar refractivity (Wildman–Crippen MR) is 108 cm³/mol. The molecular weight excluding hydrogens is 380 g/mol. The van der Waals surface area contributed by atoms with E-state index in [0.29, 0.717) is 18.6 Å². The van der Waals surface area contributed by atoms with Gasteiger partial charge in [0, 0.05) is 6.42 Å². The molecule has 28 heavy (non-hydrogen) atoms. The first kappa shape index (κ1) is 21.0. The zero-order valence-corrected chi connectivity index (χ0v) is 16.4. The van der Waals surface area contributed by atoms with E-state index in [1.165, 1.54) is 11.8 Å². The molecule has 1 aliphatic rings. The van der Waals surface area contributed by atoms with E-state index in [1.54, 1.807) is 18.2 Å². The van der Waals surface area contributed by atoms with Gasteiger partial charge in [-0.3, -0.25) is 0 Å². The van der Waals surface area contributed by atoms with Crippen molar-refractivity contribution in [2.45, 2.75) is 42.2 Å². The number of phenolic OH excluding ortho intramolecular Hbond substituents is 1. The third-order valence-electron chi connectivity index (χ3n) is 4.95. The fourth-order valence-corrected chi connectivity index (χ4v) is 4.80. The Hall–Kier alpha value is -1.77. The van der Waals surface area contributed by atoms with Gasteiger partial charge in [-0.05, 0) is 41.8 Å². The molecule has 152 valence electrons. The van der Waals surface area contributed by atoms with Gasteiger partial charge in [-0.25, -0.2) is 0 Å². The lowest BCUT2D eigenvalue weighted by Crippen LogP contribution is -2.51. The summed E-state index contributed by atoms with van der Waals surface area (Å²) in [6, 6.07) is 12.7. The lowest BCUT2D eigenvalue weighted by Gasteiger charge is -2.39. The summed E-state index contributed by atoms with van der Waals surface area (Å²) in [5.74, 6) is 0.931. The van der Waals surface area contributed by atoms with Crippen molar-refractivity contribution in [3.8, 4) is 11.5 Å². The number of thioether (sulfide) groups is 1. The number of aliphatic hydroxyl groups is 4. The molecule has 2 aromatic carbocycles. The van der Waals surface area contributed by atoms with Crippen molar-refractivity contribution in [1.29, 1.82) is 0 Å². The van der Waals surface area contributed by atoms with Crippen molar-refractivity contribution in [3.05, 3.63) is 59.2 Å². The van der Waals surface area contributed by atoms with Crippen molar-refractivity contribution in [2.24, 2.45) is 0 Å². The van der Waals surface area contributed by atoms with Crippen LogP contribution in [0.2, 0.25) is 0 Å². The first-order valence-electron chi connectivity index (χ1n) is 9.28. The Balaban J connectivity index is 1.82. The minimum Gasteiger partial charge on any atom is -0.508 e. The normalized spacial score (nSPS) is 27.5. The zero-order chi connectivity index (χ0) is 20.3. The second kappa shape index (κ2) is 9.15. The zero-order valence-electron chi connectivity index (χ0n) is 15.6. The molecule has 1 saturated heterocycles. The number of benzene rings is 2. The first-order valence-corrected chi connectivity index (χ1v) is 10.2. The molecular formula is C21H26O6S. The molecule has 0 aliphatic carbocycles. The Morgan fingerprint density at radius 2 is 1.68 bits per heavy atom. The number of aliphatic hydroxyl groups excluding tert-OH is 4. The highest BCUT2D eigenvalue weighted by molar-refractivity contribution is 8.00. The second-order valence-corrected chi connectivity index (χ2v) is 8.28. The maximum Gasteiger partial charge on any atom is 0.119 e. The van der Waals surface area contributed by atoms with Gasteiger partial charge in [-0.1, -0.05) is 24.3 Å². The monoisotopic (exact) mass is 406 g/mol. The summed E-state index contributed by atoms with van der Waals surface area (Å²) in [5.41, 5.74) is 2.41. The number of hydrogen-bond donors (Lipinski definition) is 5. The molecule has 0 saturated carbocycles. The van der Waals surface area contributed by atoms with Crippen LogP contribution in [0.1, 0.15) is 28.9 Å². The standard InChI is InChI=1S/C21H26O6S/c1-2-27-15-6-3-12(4-7-15)9-14-10-13(5-8-16(14)23)21-20(26)19(25)18(24)17(11-22)28-21/h3-8,10,17-26H,2,9,11H2,1H3/t17-,18-,19+,20-,21+/m1/s1. The predicted octanol–water partition coefficient (Wildman–Crippen LogP) is 1.61. The number of hydrogen-bond acceptors (Lipinski definition) is 7. The highest BCUT2D eigenvalue weighted by Gasteiger charge is 2.43. The van der Waals surface area contributed by atoms with E-state index < -0.39 is 28.8 Å². The number of aromatic hydroxyl groups is 1. The molecule has 2 aromatic rings. The molecule has 0 aromatic heterocycles. The van der Waals surface area contributed by atoms with Gasteiger partial charge in [0.15, 0.2) is 0 Å². The van der Waals surface area contributed by atoms with Crippen LogP contribution < -0.4 is 4.74 Å². The van der Waals surface area contributed by atoms with Crippen LogP contribution >= 0.6 is 11.8 Å². The summed E-state index contributed by atoms with van der Waals surface area (Å²) in [4.78, 5) is 0. The lowest BCUT2D eigenvalue weighted by molar-refractivity contribution is -0.0700. The Kier molecular flexibility index (Phi) is 6.85. The van der Waals surface area contributed by atoms with Crippen LogP contribution in [0.5, 0.6) is 11.5 Å². The number of rotatable bonds is 6. The fraction of sp³-hybridized carbons (Fsp3) is 0.429. The van der Waals surface area contributed by atoms with Crippen molar-refractivity contribution in [3.63, 3.8) is 0 Å². The smallest absolute Gasteiger partial charge is 0.119 e. The van der Waals surface area contributed by atoms with Crippen molar-refractivity contribution in [2.75, 3.05) is 13.2 Å². The molecule has 1 fully saturated rings. The second-order valence-electron chi connectivity index (χ2n) is 6.89. The van der Waals surface area contributed by atoms with Crippen LogP contribution in [0, 0.1) is 0 Å². The van der Waals surface area contributed by atoms with Crippen LogP contribution in [0.4, 0.5) is 0 Å². The van der Waals surface area contributed by atoms with Gasteiger partial charge < -0.3 is 30.3 Å². The van der Waals surface area contributed by atoms with Gasteiger partial charge in [-0.15, -0.1) is 11.8 Å². The van der Waals surface area contributed by atoms with Crippen molar-refractivity contribution in [1.82, 2.24) is 0 Å². The van der Waals surface area contributed by atoms with E-state index >= 15 is 0 Å². The number of phenols is 1. The van der Waals surface area contributed by atoms with Crippen molar-refractivity contribution < 1.29 is 30.3 Å². The third-order valence-corrected chi connectivity index (χ3v) is 6.58. The molecule has 5 N–H and O–H groups in total. The average Bonchev–Trinajstić information content (AvgIpc) is 2.70. The van der Waals surface area contributed by atoms with E-state index in [-0.39, 0.29) is 12.4 Å². The molecule has 6 nitrogen and oxygen atoms in total. The van der Waals surface area contributed by atoms with Crippen LogP contribution in [-0.4, -0.2) is 62.3 Å². The summed E-state index contributed by atoms with van der Waals surface area (Å²) in [5, 5.41) is 49.1. The van der Waals surface area contributed by atoms with Gasteiger partial charge in [0.2, 0.25) is 0 Å². The Morgan fingerprint density at radius 3 is 2.32 bits per heavy atom. The number of ether oxygens (including phenoxy) is 1. The summed E-state index contributed by atoms with van der Waals surface area (Å²) in [7, 11) is 0. The van der Waals surface area contributed by atoms with Crippen LogP contribution in [-0.2, 0) is 6.42 Å². The van der Waals surface area contributed by atoms with Crippen LogP contribution in [0.3, 0.4) is 0 Å². The summed E-state index contributed by atoms with van der Waals surface area (Å²) >= 11 is 1.22. The third kappa shape index (κ3) is 4.45. The minimum absolute atomic E-state index is 0.146. The molecule has 7 heteroatoms. The van der Waals surface area contributed by atoms with E-state index in [9.17, 15) is 25.5 Å². The summed E-state index contributed by atoms with van der Waals surface area (Å²) < 4.78 is 5.44. The molecule has 0 spiro atoms. The van der Waals surface area contributed by atoms with E-state index in [0.717, 1.165) is 16.9 Å². The lowest BCUT2D eigenvalue weighted by atomic mass is 9.94. The molecule has 0 amide bonds. The van der Waals surface area contributed by atoms with Gasteiger partial charge >= 0.3 is 0 Å². The molecule has 1 heterocycles. The van der Waals surface area contributed by atoms with Gasteiger partial charge in [0.05, 0.1) is 35.9 Å². The largest absolute Gasteiger partial charge is 0.508 e. The molecule has 5 atom stereocenters. The van der Waals surface area contributed by atoms with Gasteiger partial charge in [0.1, 0.15) is 17.6 Å². The van der Waals surface area contributed by atoms with Crippen molar-refractivity contribution >= 4 is 11.8 Å². The minimum atomic E-state index is -1.34. The topological polar surface area (TPSA) is 110 Å². The van der Waals surface area contributed by atoms with E-state index in [4.69, 9.17) is 4.74 Å². The van der Waals surface area contributed by atoms with Crippen LogP contribution in [0.25, 0.3) is 0 Å². The average molecular weight is 407 g/mol. The molecule has 3 rings (SSSR count). The Bertz CT molecular complexity index is 779. The Labute approximate surface area is 168 Å². The SMILES string of the molecule is CCOc1ccc(Cc2cc([C@@H]3S[C@H](CO)[C@@H](O)[C@H](O)[C@H]3O)ccc2O)cc1. The maximum absolute atomic E-state index is 10.4. The quantitative estimate of drug-likeness (QED) is 0.496. The summed E-state index contributed by atoms with van der Waals surface area (Å²) in [6.07, 6.45) is -3.21. The van der Waals surface area contributed by atoms with E-state index in [2.05, 4.69) is 0 Å². The Morgan fingerprint density at radius 1 is 0.964 bits per heavy atom. The van der Waals surface area contributed by atoms with Crippen LogP contribution in [0.15, 0.2) is 42.5 Å². The fourth-order valence-electron chi connectivity index (χ4n) is 3.39. The molecule has 0 radical (unpaired) electrons. The molecule has 1 aliphatic heterocycles. The molecule has 0 bridgehead atoms. The summed E-state index contributed by atoms with van der Waals surface area (Å²) in [6.45, 7) is 2.22. The van der Waals surface area contributed by atoms with E-state index in [1.807, 2.05) is 31.2 Å². The first-order chi connectivity index (χ1) is 13.4. The highest BCUT2D eigenvalue weighted by atomic mass is 32.2. The molecule has 0 unspecified atom stereocenters.